The van der Waals surface area contributed by atoms with E-state index in [1.165, 1.54) is 4.90 Å². The molecule has 7 heteroatoms. The number of benzene rings is 1. The van der Waals surface area contributed by atoms with Crippen LogP contribution >= 0.6 is 0 Å². The summed E-state index contributed by atoms with van der Waals surface area (Å²) in [5, 5.41) is 2.92. The highest BCUT2D eigenvalue weighted by Gasteiger charge is 2.30. The molecular formula is C15H19N3O4. The zero-order valence-corrected chi connectivity index (χ0v) is 12.2. The molecule has 0 aliphatic carbocycles. The smallest absolute Gasteiger partial charge is 0.325 e. The monoisotopic (exact) mass is 305 g/mol. The molecule has 0 spiro atoms. The van der Waals surface area contributed by atoms with Crippen LogP contribution < -0.4 is 11.1 Å². The topological polar surface area (TPSA) is 102 Å². The molecular weight excluding hydrogens is 286 g/mol. The highest BCUT2D eigenvalue weighted by molar-refractivity contribution is 5.90. The Morgan fingerprint density at radius 2 is 2.05 bits per heavy atom. The van der Waals surface area contributed by atoms with Gasteiger partial charge in [0.25, 0.3) is 0 Å². The number of amides is 2. The van der Waals surface area contributed by atoms with Crippen LogP contribution in [-0.2, 0) is 25.7 Å². The minimum absolute atomic E-state index is 0.0750. The van der Waals surface area contributed by atoms with Crippen LogP contribution in [0, 0.1) is 0 Å². The third-order valence-corrected chi connectivity index (χ3v) is 3.35. The third kappa shape index (κ3) is 4.56. The number of esters is 1. The molecule has 2 amide bonds. The van der Waals surface area contributed by atoms with Crippen molar-refractivity contribution in [1.82, 2.24) is 10.2 Å². The third-order valence-electron chi connectivity index (χ3n) is 3.35. The highest BCUT2D eigenvalue weighted by atomic mass is 16.5. The van der Waals surface area contributed by atoms with Crippen LogP contribution in [0.3, 0.4) is 0 Å². The molecule has 3 N–H and O–H groups in total. The fraction of sp³-hybridized carbons (Fsp3) is 0.400. The Kier molecular flexibility index (Phi) is 5.48. The Balaban J connectivity index is 1.82. The molecule has 1 aliphatic heterocycles. The average molecular weight is 305 g/mol. The van der Waals surface area contributed by atoms with Crippen molar-refractivity contribution in [2.45, 2.75) is 19.1 Å². The second kappa shape index (κ2) is 7.56. The minimum atomic E-state index is -0.659. The van der Waals surface area contributed by atoms with Crippen molar-refractivity contribution in [2.75, 3.05) is 19.6 Å². The molecule has 1 atom stereocenters. The number of hydrogen-bond donors (Lipinski definition) is 2. The van der Waals surface area contributed by atoms with E-state index in [1.54, 1.807) is 0 Å². The molecule has 0 bridgehead atoms. The van der Waals surface area contributed by atoms with Crippen molar-refractivity contribution in [2.24, 2.45) is 5.73 Å². The van der Waals surface area contributed by atoms with E-state index in [4.69, 9.17) is 10.5 Å². The van der Waals surface area contributed by atoms with E-state index >= 15 is 0 Å². The molecule has 1 aromatic carbocycles. The number of piperazine rings is 1. The number of hydrogen-bond acceptors (Lipinski definition) is 5. The van der Waals surface area contributed by atoms with E-state index in [0.29, 0.717) is 13.1 Å². The predicted molar refractivity (Wildman–Crippen MR) is 78.4 cm³/mol. The van der Waals surface area contributed by atoms with Crippen molar-refractivity contribution in [3.63, 3.8) is 0 Å². The molecule has 118 valence electrons. The van der Waals surface area contributed by atoms with Crippen LogP contribution in [0.25, 0.3) is 0 Å². The Morgan fingerprint density at radius 3 is 2.73 bits per heavy atom. The summed E-state index contributed by atoms with van der Waals surface area (Å²) in [4.78, 5) is 36.3. The maximum Gasteiger partial charge on any atom is 0.325 e. The largest absolute Gasteiger partial charge is 0.459 e. The van der Waals surface area contributed by atoms with Gasteiger partial charge in [0.05, 0.1) is 12.5 Å². The molecule has 1 saturated heterocycles. The number of nitrogens with two attached hydrogens (primary N) is 1. The first-order valence-corrected chi connectivity index (χ1v) is 7.06. The fourth-order valence-corrected chi connectivity index (χ4v) is 2.25. The SMILES string of the molecule is NC(=O)CC1NCCN(CC(=O)OCc2ccccc2)C1=O. The predicted octanol–water partition coefficient (Wildman–Crippen LogP) is -0.594. The van der Waals surface area contributed by atoms with Crippen molar-refractivity contribution in [1.29, 1.82) is 0 Å². The Bertz CT molecular complexity index is 547. The van der Waals surface area contributed by atoms with Crippen LogP contribution in [0.4, 0.5) is 0 Å². The van der Waals surface area contributed by atoms with Crippen LogP contribution in [0.1, 0.15) is 12.0 Å². The van der Waals surface area contributed by atoms with Gasteiger partial charge in [0.1, 0.15) is 13.2 Å². The fourth-order valence-electron chi connectivity index (χ4n) is 2.25. The van der Waals surface area contributed by atoms with Gasteiger partial charge in [-0.3, -0.25) is 14.4 Å². The second-order valence-corrected chi connectivity index (χ2v) is 5.08. The maximum absolute atomic E-state index is 12.1. The molecule has 1 aromatic rings. The summed E-state index contributed by atoms with van der Waals surface area (Å²) in [7, 11) is 0. The number of ether oxygens (including phenoxy) is 1. The molecule has 1 unspecified atom stereocenters. The first kappa shape index (κ1) is 16.0. The van der Waals surface area contributed by atoms with Crippen LogP contribution in [0.2, 0.25) is 0 Å². The van der Waals surface area contributed by atoms with Gasteiger partial charge in [-0.05, 0) is 5.56 Å². The number of carbonyl (C=O) groups excluding carboxylic acids is 3. The van der Waals surface area contributed by atoms with Crippen molar-refractivity contribution >= 4 is 17.8 Å². The number of nitrogens with zero attached hydrogens (tertiary/aromatic N) is 1. The molecule has 1 aliphatic rings. The summed E-state index contributed by atoms with van der Waals surface area (Å²) >= 11 is 0. The molecule has 7 nitrogen and oxygen atoms in total. The van der Waals surface area contributed by atoms with Gasteiger partial charge in [0.15, 0.2) is 0 Å². The molecule has 0 radical (unpaired) electrons. The Morgan fingerprint density at radius 1 is 1.32 bits per heavy atom. The van der Waals surface area contributed by atoms with Gasteiger partial charge in [-0.1, -0.05) is 30.3 Å². The lowest BCUT2D eigenvalue weighted by Gasteiger charge is -2.31. The molecule has 1 fully saturated rings. The van der Waals surface area contributed by atoms with Gasteiger partial charge in [-0.25, -0.2) is 0 Å². The van der Waals surface area contributed by atoms with Gasteiger partial charge in [-0.2, -0.15) is 0 Å². The summed E-state index contributed by atoms with van der Waals surface area (Å²) in [5.41, 5.74) is 5.99. The summed E-state index contributed by atoms with van der Waals surface area (Å²) in [6, 6.07) is 8.64. The molecule has 2 rings (SSSR count). The Labute approximate surface area is 128 Å². The minimum Gasteiger partial charge on any atom is -0.459 e. The zero-order chi connectivity index (χ0) is 15.9. The molecule has 22 heavy (non-hydrogen) atoms. The maximum atomic E-state index is 12.1. The second-order valence-electron chi connectivity index (χ2n) is 5.08. The summed E-state index contributed by atoms with van der Waals surface area (Å²) in [5.74, 6) is -1.34. The van der Waals surface area contributed by atoms with Gasteiger partial charge in [0, 0.05) is 13.1 Å². The quantitative estimate of drug-likeness (QED) is 0.684. The van der Waals surface area contributed by atoms with E-state index in [-0.39, 0.29) is 25.5 Å². The van der Waals surface area contributed by atoms with Crippen molar-refractivity contribution in [3.05, 3.63) is 35.9 Å². The summed E-state index contributed by atoms with van der Waals surface area (Å²) < 4.78 is 5.15. The molecule has 1 heterocycles. The van der Waals surface area contributed by atoms with Crippen LogP contribution in [0.5, 0.6) is 0 Å². The van der Waals surface area contributed by atoms with Crippen molar-refractivity contribution < 1.29 is 19.1 Å². The van der Waals surface area contributed by atoms with Gasteiger partial charge < -0.3 is 20.7 Å². The molecule has 0 saturated carbocycles. The van der Waals surface area contributed by atoms with E-state index in [0.717, 1.165) is 5.56 Å². The van der Waals surface area contributed by atoms with Crippen LogP contribution in [0.15, 0.2) is 30.3 Å². The van der Waals surface area contributed by atoms with Gasteiger partial charge >= 0.3 is 5.97 Å². The van der Waals surface area contributed by atoms with E-state index in [1.807, 2.05) is 30.3 Å². The first-order chi connectivity index (χ1) is 10.6. The number of nitrogens with one attached hydrogen (secondary N) is 1. The molecule has 0 aromatic heterocycles. The summed E-state index contributed by atoms with van der Waals surface area (Å²) in [6.07, 6.45) is -0.0750. The lowest BCUT2D eigenvalue weighted by molar-refractivity contribution is -0.152. The van der Waals surface area contributed by atoms with Crippen LogP contribution in [-0.4, -0.2) is 48.4 Å². The van der Waals surface area contributed by atoms with Gasteiger partial charge in [0.2, 0.25) is 11.8 Å². The highest BCUT2D eigenvalue weighted by Crippen LogP contribution is 2.06. The zero-order valence-electron chi connectivity index (χ0n) is 12.2. The number of rotatable bonds is 6. The standard InChI is InChI=1S/C15H19N3O4/c16-13(19)8-12-15(21)18(7-6-17-12)9-14(20)22-10-11-4-2-1-3-5-11/h1-5,12,17H,6-10H2,(H2,16,19). The normalized spacial score (nSPS) is 18.1. The number of carbonyl (C=O) groups is 3. The lowest BCUT2D eigenvalue weighted by atomic mass is 10.1. The Hall–Kier alpha value is -2.41. The van der Waals surface area contributed by atoms with Gasteiger partial charge in [-0.15, -0.1) is 0 Å². The number of primary amides is 1. The average Bonchev–Trinajstić information content (AvgIpc) is 2.50. The van der Waals surface area contributed by atoms with E-state index in [2.05, 4.69) is 5.32 Å². The summed E-state index contributed by atoms with van der Waals surface area (Å²) in [6.45, 7) is 0.956. The van der Waals surface area contributed by atoms with E-state index in [9.17, 15) is 14.4 Å². The van der Waals surface area contributed by atoms with Crippen molar-refractivity contribution in [3.8, 4) is 0 Å². The van der Waals surface area contributed by atoms with E-state index < -0.39 is 17.9 Å². The first-order valence-electron chi connectivity index (χ1n) is 7.06. The lowest BCUT2D eigenvalue weighted by Crippen LogP contribution is -2.57.